The summed E-state index contributed by atoms with van der Waals surface area (Å²) in [6.07, 6.45) is 4.26. The van der Waals surface area contributed by atoms with Gasteiger partial charge in [-0.15, -0.1) is 11.3 Å². The van der Waals surface area contributed by atoms with Crippen LogP contribution < -0.4 is 4.72 Å². The van der Waals surface area contributed by atoms with Crippen LogP contribution in [-0.4, -0.2) is 32.4 Å². The van der Waals surface area contributed by atoms with E-state index in [0.717, 1.165) is 45.3 Å². The number of thiophene rings is 1. The molecule has 0 radical (unpaired) electrons. The third-order valence-corrected chi connectivity index (χ3v) is 8.52. The van der Waals surface area contributed by atoms with E-state index >= 15 is 0 Å². The van der Waals surface area contributed by atoms with Crippen LogP contribution in [0.5, 0.6) is 0 Å². The molecule has 140 valence electrons. The monoisotopic (exact) mass is 390 g/mol. The number of nitrogens with zero attached hydrogens (tertiary/aromatic N) is 1. The van der Waals surface area contributed by atoms with Crippen molar-refractivity contribution in [2.45, 2.75) is 50.1 Å². The van der Waals surface area contributed by atoms with Gasteiger partial charge in [0.2, 0.25) is 10.0 Å². The molecule has 1 saturated heterocycles. The summed E-state index contributed by atoms with van der Waals surface area (Å²) < 4.78 is 28.3. The summed E-state index contributed by atoms with van der Waals surface area (Å²) in [4.78, 5) is 5.67. The van der Waals surface area contributed by atoms with Gasteiger partial charge in [-0.25, -0.2) is 13.1 Å². The Balaban J connectivity index is 1.37. The lowest BCUT2D eigenvalue weighted by Crippen LogP contribution is -2.58. The lowest BCUT2D eigenvalue weighted by molar-refractivity contribution is 0.000973. The molecule has 1 aliphatic heterocycles. The fourth-order valence-electron chi connectivity index (χ4n) is 4.28. The van der Waals surface area contributed by atoms with Crippen LogP contribution in [0.15, 0.2) is 47.4 Å². The number of aryl methyl sites for hydroxylation is 1. The maximum absolute atomic E-state index is 12.6. The van der Waals surface area contributed by atoms with Crippen molar-refractivity contribution in [2.75, 3.05) is 13.1 Å². The quantitative estimate of drug-likeness (QED) is 0.845. The van der Waals surface area contributed by atoms with Crippen molar-refractivity contribution in [1.82, 2.24) is 9.62 Å². The molecule has 2 aliphatic rings. The molecule has 2 aromatic rings. The Morgan fingerprint density at radius 1 is 1.12 bits per heavy atom. The first-order valence-corrected chi connectivity index (χ1v) is 11.6. The van der Waals surface area contributed by atoms with Gasteiger partial charge in [0.25, 0.3) is 0 Å². The molecule has 1 atom stereocenters. The van der Waals surface area contributed by atoms with Crippen LogP contribution in [0.2, 0.25) is 0 Å². The smallest absolute Gasteiger partial charge is 0.240 e. The highest BCUT2D eigenvalue weighted by Crippen LogP contribution is 2.49. The molecule has 26 heavy (non-hydrogen) atoms. The molecule has 4 nitrogen and oxygen atoms in total. The van der Waals surface area contributed by atoms with Gasteiger partial charge >= 0.3 is 0 Å². The Hall–Kier alpha value is -1.21. The van der Waals surface area contributed by atoms with Gasteiger partial charge in [0, 0.05) is 22.3 Å². The maximum Gasteiger partial charge on any atom is 0.240 e. The zero-order valence-electron chi connectivity index (χ0n) is 15.1. The normalized spacial score (nSPS) is 23.0. The van der Waals surface area contributed by atoms with Crippen molar-refractivity contribution < 1.29 is 8.42 Å². The molecule has 0 amide bonds. The summed E-state index contributed by atoms with van der Waals surface area (Å²) in [5.41, 5.74) is 0.156. The summed E-state index contributed by atoms with van der Waals surface area (Å²) in [6.45, 7) is 5.28. The van der Waals surface area contributed by atoms with E-state index in [0.29, 0.717) is 4.90 Å². The molecule has 1 aromatic heterocycles. The van der Waals surface area contributed by atoms with Crippen molar-refractivity contribution >= 4 is 21.4 Å². The summed E-state index contributed by atoms with van der Waals surface area (Å²) in [6, 6.07) is 13.2. The third kappa shape index (κ3) is 3.60. The fraction of sp³-hybridized carbons (Fsp3) is 0.500. The Labute approximate surface area is 160 Å². The van der Waals surface area contributed by atoms with E-state index in [2.05, 4.69) is 28.7 Å². The molecule has 1 aromatic carbocycles. The van der Waals surface area contributed by atoms with Crippen LogP contribution in [0, 0.1) is 12.3 Å². The molecule has 2 heterocycles. The van der Waals surface area contributed by atoms with Crippen molar-refractivity contribution in [2.24, 2.45) is 5.41 Å². The summed E-state index contributed by atoms with van der Waals surface area (Å²) >= 11 is 1.87. The topological polar surface area (TPSA) is 49.4 Å². The molecule has 1 saturated carbocycles. The first-order chi connectivity index (χ1) is 12.5. The van der Waals surface area contributed by atoms with Crippen LogP contribution in [0.1, 0.15) is 35.4 Å². The zero-order chi connectivity index (χ0) is 18.2. The number of benzene rings is 1. The van der Waals surface area contributed by atoms with Crippen molar-refractivity contribution in [3.8, 4) is 0 Å². The zero-order valence-corrected chi connectivity index (χ0v) is 16.8. The van der Waals surface area contributed by atoms with Crippen LogP contribution >= 0.6 is 11.3 Å². The van der Waals surface area contributed by atoms with E-state index in [1.807, 2.05) is 17.4 Å². The summed E-state index contributed by atoms with van der Waals surface area (Å²) in [5.74, 6) is 0. The minimum absolute atomic E-state index is 0.0823. The fourth-order valence-corrected chi connectivity index (χ4v) is 6.61. The molecule has 1 spiro atoms. The molecular weight excluding hydrogens is 364 g/mol. The lowest BCUT2D eigenvalue weighted by atomic mass is 9.60. The van der Waals surface area contributed by atoms with E-state index in [1.54, 1.807) is 24.3 Å². The molecule has 0 unspecified atom stereocenters. The van der Waals surface area contributed by atoms with Crippen molar-refractivity contribution in [1.29, 1.82) is 0 Å². The molecule has 1 N–H and O–H groups in total. The Morgan fingerprint density at radius 3 is 2.42 bits per heavy atom. The third-order valence-electron chi connectivity index (χ3n) is 6.05. The van der Waals surface area contributed by atoms with Crippen LogP contribution in [0.25, 0.3) is 0 Å². The maximum atomic E-state index is 12.6. The van der Waals surface area contributed by atoms with Gasteiger partial charge in [-0.2, -0.15) is 0 Å². The number of hydrogen-bond acceptors (Lipinski definition) is 4. The van der Waals surface area contributed by atoms with E-state index in [9.17, 15) is 8.42 Å². The highest BCUT2D eigenvalue weighted by molar-refractivity contribution is 7.89. The summed E-state index contributed by atoms with van der Waals surface area (Å²) in [5, 5.41) is 0. The second-order valence-electron chi connectivity index (χ2n) is 7.68. The molecule has 0 bridgehead atoms. The minimum Gasteiger partial charge on any atom is -0.298 e. The largest absolute Gasteiger partial charge is 0.298 e. The van der Waals surface area contributed by atoms with Gasteiger partial charge in [-0.1, -0.05) is 18.2 Å². The number of sulfonamides is 1. The minimum atomic E-state index is -3.42. The molecular formula is C20H26N2O2S2. The number of likely N-dealkylation sites (tertiary alicyclic amines) is 1. The average Bonchev–Trinajstić information content (AvgIpc) is 3.05. The Bertz CT molecular complexity index is 853. The van der Waals surface area contributed by atoms with E-state index in [1.165, 1.54) is 9.75 Å². The highest BCUT2D eigenvalue weighted by Gasteiger charge is 2.49. The first-order valence-electron chi connectivity index (χ1n) is 9.32. The Kier molecular flexibility index (Phi) is 4.94. The van der Waals surface area contributed by atoms with Crippen LogP contribution in [-0.2, 0) is 16.6 Å². The van der Waals surface area contributed by atoms with E-state index in [4.69, 9.17) is 0 Å². The number of rotatable bonds is 5. The highest BCUT2D eigenvalue weighted by atomic mass is 32.2. The average molecular weight is 391 g/mol. The Morgan fingerprint density at radius 2 is 1.85 bits per heavy atom. The molecule has 6 heteroatoms. The van der Waals surface area contributed by atoms with Crippen molar-refractivity contribution in [3.63, 3.8) is 0 Å². The molecule has 1 aliphatic carbocycles. The standard InChI is InChI=1S/C20H26N2O2S2/c1-16-7-8-17(25-16)15-22-13-11-20(12-14-22)10-9-19(20)21-26(23,24)18-5-3-2-4-6-18/h2-8,19,21H,9-15H2,1H3/t19-/m1/s1. The van der Waals surface area contributed by atoms with Gasteiger partial charge in [-0.3, -0.25) is 4.90 Å². The number of hydrogen-bond donors (Lipinski definition) is 1. The van der Waals surface area contributed by atoms with Gasteiger partial charge < -0.3 is 0 Å². The predicted octanol–water partition coefficient (Wildman–Crippen LogP) is 3.78. The van der Waals surface area contributed by atoms with Gasteiger partial charge in [0.1, 0.15) is 0 Å². The number of piperidine rings is 1. The van der Waals surface area contributed by atoms with Crippen LogP contribution in [0.4, 0.5) is 0 Å². The van der Waals surface area contributed by atoms with E-state index in [-0.39, 0.29) is 11.5 Å². The van der Waals surface area contributed by atoms with Crippen molar-refractivity contribution in [3.05, 3.63) is 52.2 Å². The number of nitrogens with one attached hydrogen (secondary N) is 1. The molecule has 2 fully saturated rings. The predicted molar refractivity (Wildman–Crippen MR) is 106 cm³/mol. The van der Waals surface area contributed by atoms with Gasteiger partial charge in [0.15, 0.2) is 0 Å². The second-order valence-corrected chi connectivity index (χ2v) is 10.8. The summed E-state index contributed by atoms with van der Waals surface area (Å²) in [7, 11) is -3.42. The van der Waals surface area contributed by atoms with Gasteiger partial charge in [0.05, 0.1) is 4.90 Å². The second kappa shape index (κ2) is 7.08. The van der Waals surface area contributed by atoms with Gasteiger partial charge in [-0.05, 0) is 75.4 Å². The SMILES string of the molecule is Cc1ccc(CN2CCC3(CC[C@H]3NS(=O)(=O)c3ccccc3)CC2)s1. The lowest BCUT2D eigenvalue weighted by Gasteiger charge is -2.54. The first kappa shape index (κ1) is 18.2. The molecule has 4 rings (SSSR count). The van der Waals surface area contributed by atoms with Crippen LogP contribution in [0.3, 0.4) is 0 Å². The van der Waals surface area contributed by atoms with E-state index < -0.39 is 10.0 Å².